The first-order valence-electron chi connectivity index (χ1n) is 5.71. The van der Waals surface area contributed by atoms with Gasteiger partial charge in [0, 0.05) is 17.8 Å². The van der Waals surface area contributed by atoms with Crippen LogP contribution in [0.5, 0.6) is 0 Å². The second kappa shape index (κ2) is 7.95. The lowest BCUT2D eigenvalue weighted by Crippen LogP contribution is -2.28. The lowest BCUT2D eigenvalue weighted by Gasteiger charge is -2.25. The van der Waals surface area contributed by atoms with Gasteiger partial charge in [-0.2, -0.15) is 0 Å². The van der Waals surface area contributed by atoms with Gasteiger partial charge in [0.05, 0.1) is 6.54 Å². The van der Waals surface area contributed by atoms with Gasteiger partial charge < -0.3 is 5.73 Å². The Labute approximate surface area is 102 Å². The number of anilines is 1. The zero-order valence-electron chi connectivity index (χ0n) is 10.8. The summed E-state index contributed by atoms with van der Waals surface area (Å²) in [4.78, 5) is 5.48. The van der Waals surface area contributed by atoms with Crippen molar-refractivity contribution >= 4 is 5.82 Å². The fraction of sp³-hybridized carbons (Fsp3) is 0.583. The molecule has 1 rings (SSSR count). The number of alkyl halides is 2. The van der Waals surface area contributed by atoms with Crippen LogP contribution in [0.2, 0.25) is 0 Å². The minimum absolute atomic E-state index is 0.160. The lowest BCUT2D eigenvalue weighted by atomic mass is 10.1. The molecule has 3 nitrogen and oxygen atoms in total. The molecule has 0 aliphatic carbocycles. The van der Waals surface area contributed by atoms with E-state index in [1.54, 1.807) is 30.3 Å². The summed E-state index contributed by atoms with van der Waals surface area (Å²) in [6.45, 7) is 5.56. The van der Waals surface area contributed by atoms with Gasteiger partial charge in [-0.3, -0.25) is 4.90 Å². The maximum Gasteiger partial charge on any atom is 0.251 e. The van der Waals surface area contributed by atoms with E-state index in [4.69, 9.17) is 5.73 Å². The van der Waals surface area contributed by atoms with Crippen LogP contribution in [0.25, 0.3) is 0 Å². The van der Waals surface area contributed by atoms with Crippen molar-refractivity contribution < 1.29 is 8.78 Å². The fourth-order valence-electron chi connectivity index (χ4n) is 1.40. The molecular formula is C12H21F2N3. The molecule has 0 fully saturated rings. The molecule has 0 spiro atoms. The zero-order chi connectivity index (χ0) is 13.4. The van der Waals surface area contributed by atoms with Gasteiger partial charge in [-0.1, -0.05) is 19.9 Å². The molecule has 1 aromatic heterocycles. The third kappa shape index (κ3) is 5.08. The molecule has 17 heavy (non-hydrogen) atoms. The summed E-state index contributed by atoms with van der Waals surface area (Å²) in [5, 5.41) is 0. The van der Waals surface area contributed by atoms with E-state index < -0.39 is 6.43 Å². The van der Waals surface area contributed by atoms with E-state index >= 15 is 0 Å². The number of nitrogens with two attached hydrogens (primary N) is 1. The van der Waals surface area contributed by atoms with Gasteiger partial charge in [0.2, 0.25) is 0 Å². The summed E-state index contributed by atoms with van der Waals surface area (Å²) in [6, 6.07) is 3.39. The van der Waals surface area contributed by atoms with Gasteiger partial charge in [0.1, 0.15) is 5.82 Å². The molecule has 0 radical (unpaired) electrons. The van der Waals surface area contributed by atoms with E-state index in [1.807, 2.05) is 20.8 Å². The van der Waals surface area contributed by atoms with E-state index in [1.165, 1.54) is 0 Å². The number of rotatable bonds is 4. The molecule has 0 saturated carbocycles. The molecule has 2 N–H and O–H groups in total. The molecule has 0 aliphatic rings. The molecule has 0 bridgehead atoms. The second-order valence-electron chi connectivity index (χ2n) is 3.48. The van der Waals surface area contributed by atoms with Crippen molar-refractivity contribution in [2.45, 2.75) is 33.2 Å². The van der Waals surface area contributed by atoms with Crippen LogP contribution in [-0.4, -0.2) is 29.9 Å². The normalized spacial score (nSPS) is 12.2. The molecule has 98 valence electrons. The van der Waals surface area contributed by atoms with E-state index in [0.717, 1.165) is 5.56 Å². The molecule has 0 aliphatic heterocycles. The highest BCUT2D eigenvalue weighted by Crippen LogP contribution is 2.22. The highest BCUT2D eigenvalue weighted by atomic mass is 19.3. The molecule has 0 saturated heterocycles. The van der Waals surface area contributed by atoms with Crippen molar-refractivity contribution in [2.75, 3.05) is 19.3 Å². The van der Waals surface area contributed by atoms with Crippen LogP contribution in [0.1, 0.15) is 32.4 Å². The Morgan fingerprint density at radius 2 is 2.00 bits per heavy atom. The average molecular weight is 245 g/mol. The molecular weight excluding hydrogens is 224 g/mol. The van der Waals surface area contributed by atoms with E-state index in [0.29, 0.717) is 5.82 Å². The Morgan fingerprint density at radius 1 is 1.41 bits per heavy atom. The van der Waals surface area contributed by atoms with Crippen LogP contribution in [0, 0.1) is 0 Å². The third-order valence-electron chi connectivity index (χ3n) is 2.41. The van der Waals surface area contributed by atoms with Gasteiger partial charge in [-0.25, -0.2) is 13.8 Å². The maximum atomic E-state index is 12.2. The molecule has 1 heterocycles. The Balaban J connectivity index is 0.00000121. The van der Waals surface area contributed by atoms with Gasteiger partial charge in [-0.05, 0) is 20.0 Å². The first-order chi connectivity index (χ1) is 8.02. The minimum Gasteiger partial charge on any atom is -0.383 e. The van der Waals surface area contributed by atoms with Crippen LogP contribution >= 0.6 is 0 Å². The van der Waals surface area contributed by atoms with E-state index in [-0.39, 0.29) is 12.6 Å². The maximum absolute atomic E-state index is 12.2. The Bertz CT molecular complexity index is 318. The largest absolute Gasteiger partial charge is 0.383 e. The molecule has 0 amide bonds. The third-order valence-corrected chi connectivity index (χ3v) is 2.41. The van der Waals surface area contributed by atoms with Crippen LogP contribution in [0.15, 0.2) is 18.3 Å². The van der Waals surface area contributed by atoms with Crippen molar-refractivity contribution in [3.05, 3.63) is 23.9 Å². The number of hydrogen-bond donors (Lipinski definition) is 1. The van der Waals surface area contributed by atoms with Crippen molar-refractivity contribution in [1.82, 2.24) is 9.88 Å². The van der Waals surface area contributed by atoms with E-state index in [9.17, 15) is 8.78 Å². The molecule has 1 atom stereocenters. The van der Waals surface area contributed by atoms with Crippen LogP contribution in [0.3, 0.4) is 0 Å². The van der Waals surface area contributed by atoms with Gasteiger partial charge in [0.25, 0.3) is 6.43 Å². The number of nitrogens with zero attached hydrogens (tertiary/aromatic N) is 2. The van der Waals surface area contributed by atoms with Crippen molar-refractivity contribution in [1.29, 1.82) is 0 Å². The molecule has 1 aromatic rings. The van der Waals surface area contributed by atoms with Crippen molar-refractivity contribution in [2.24, 2.45) is 0 Å². The average Bonchev–Trinajstić information content (AvgIpc) is 2.30. The predicted octanol–water partition coefficient (Wildman–Crippen LogP) is 2.95. The van der Waals surface area contributed by atoms with Crippen LogP contribution in [-0.2, 0) is 0 Å². The van der Waals surface area contributed by atoms with Crippen LogP contribution < -0.4 is 5.73 Å². The monoisotopic (exact) mass is 245 g/mol. The van der Waals surface area contributed by atoms with Gasteiger partial charge in [-0.15, -0.1) is 0 Å². The number of halogens is 2. The number of hydrogen-bond acceptors (Lipinski definition) is 3. The predicted molar refractivity (Wildman–Crippen MR) is 67.0 cm³/mol. The highest BCUT2D eigenvalue weighted by molar-refractivity contribution is 5.40. The second-order valence-corrected chi connectivity index (χ2v) is 3.48. The Morgan fingerprint density at radius 3 is 2.47 bits per heavy atom. The number of aromatic nitrogens is 1. The summed E-state index contributed by atoms with van der Waals surface area (Å²) in [6.07, 6.45) is -0.756. The van der Waals surface area contributed by atoms with Crippen LogP contribution in [0.4, 0.5) is 14.6 Å². The zero-order valence-corrected chi connectivity index (χ0v) is 10.8. The number of nitrogen functional groups attached to an aromatic ring is 1. The first kappa shape index (κ1) is 15.8. The Kier molecular flexibility index (Phi) is 7.37. The van der Waals surface area contributed by atoms with E-state index in [2.05, 4.69) is 4.98 Å². The smallest absolute Gasteiger partial charge is 0.251 e. The molecule has 0 aromatic carbocycles. The highest BCUT2D eigenvalue weighted by Gasteiger charge is 2.17. The standard InChI is InChI=1S/C10H15F2N3.C2H6/c1-7(15(2)6-9(11)12)8-4-3-5-14-10(8)13;1-2/h3-5,7,9H,6H2,1-2H3,(H2,13,14);1-2H3. The summed E-state index contributed by atoms with van der Waals surface area (Å²) in [5.74, 6) is 0.395. The number of pyridine rings is 1. The summed E-state index contributed by atoms with van der Waals surface area (Å²) in [5.41, 5.74) is 6.44. The lowest BCUT2D eigenvalue weighted by molar-refractivity contribution is 0.0843. The quantitative estimate of drug-likeness (QED) is 0.886. The fourth-order valence-corrected chi connectivity index (χ4v) is 1.40. The summed E-state index contributed by atoms with van der Waals surface area (Å²) >= 11 is 0. The minimum atomic E-state index is -2.34. The van der Waals surface area contributed by atoms with Gasteiger partial charge in [0.15, 0.2) is 0 Å². The van der Waals surface area contributed by atoms with Gasteiger partial charge >= 0.3 is 0 Å². The topological polar surface area (TPSA) is 42.1 Å². The van der Waals surface area contributed by atoms with Crippen molar-refractivity contribution in [3.8, 4) is 0 Å². The molecule has 1 unspecified atom stereocenters. The Hall–Kier alpha value is -1.23. The first-order valence-corrected chi connectivity index (χ1v) is 5.71. The van der Waals surface area contributed by atoms with Crippen molar-refractivity contribution in [3.63, 3.8) is 0 Å². The summed E-state index contributed by atoms with van der Waals surface area (Å²) in [7, 11) is 1.64. The summed E-state index contributed by atoms with van der Waals surface area (Å²) < 4.78 is 24.3. The molecule has 5 heteroatoms. The SMILES string of the molecule is CC.CC(c1cccnc1N)N(C)CC(F)F.